The zero-order chi connectivity index (χ0) is 20.0. The number of hydrogen-bond acceptors (Lipinski definition) is 4. The molecule has 0 amide bonds. The maximum atomic E-state index is 12.0. The summed E-state index contributed by atoms with van der Waals surface area (Å²) in [6.07, 6.45) is 8.93. The van der Waals surface area contributed by atoms with Gasteiger partial charge in [-0.05, 0) is 57.4 Å². The minimum atomic E-state index is -0.412. The lowest BCUT2D eigenvalue weighted by Gasteiger charge is -2.25. The minimum Gasteiger partial charge on any atom is -0.456 e. The van der Waals surface area contributed by atoms with E-state index in [9.17, 15) is 9.59 Å². The van der Waals surface area contributed by atoms with Crippen LogP contribution in [-0.2, 0) is 9.53 Å². The first kappa shape index (κ1) is 24.2. The molecule has 2 N–H and O–H groups in total. The summed E-state index contributed by atoms with van der Waals surface area (Å²) in [6.45, 7) is 10.1. The fraction of sp³-hybridized carbons (Fsp3) is 0.636. The number of esters is 1. The largest absolute Gasteiger partial charge is 0.456 e. The Kier molecular flexibility index (Phi) is 12.4. The van der Waals surface area contributed by atoms with Gasteiger partial charge >= 0.3 is 5.97 Å². The van der Waals surface area contributed by atoms with Gasteiger partial charge in [0.05, 0.1) is 5.56 Å². The SMILES string of the molecule is CCC(C)C=O.CCCCCCCC(C)(C)OC(=O)c1ccc(N)cc1. The third-order valence-electron chi connectivity index (χ3n) is 4.27. The van der Waals surface area contributed by atoms with E-state index in [4.69, 9.17) is 10.5 Å². The summed E-state index contributed by atoms with van der Waals surface area (Å²) >= 11 is 0. The lowest BCUT2D eigenvalue weighted by atomic mass is 9.99. The molecule has 0 aliphatic heterocycles. The summed E-state index contributed by atoms with van der Waals surface area (Å²) in [5, 5.41) is 0. The summed E-state index contributed by atoms with van der Waals surface area (Å²) in [7, 11) is 0. The van der Waals surface area contributed by atoms with Crippen molar-refractivity contribution in [3.63, 3.8) is 0 Å². The first-order valence-electron chi connectivity index (χ1n) is 9.79. The van der Waals surface area contributed by atoms with Crippen molar-refractivity contribution in [1.29, 1.82) is 0 Å². The predicted octanol–water partition coefficient (Wildman–Crippen LogP) is 5.80. The highest BCUT2D eigenvalue weighted by Crippen LogP contribution is 2.21. The highest BCUT2D eigenvalue weighted by atomic mass is 16.6. The summed E-state index contributed by atoms with van der Waals surface area (Å²) in [6, 6.07) is 6.84. The van der Waals surface area contributed by atoms with Crippen LogP contribution in [0, 0.1) is 5.92 Å². The Morgan fingerprint density at radius 1 is 1.12 bits per heavy atom. The molecule has 0 aliphatic rings. The van der Waals surface area contributed by atoms with E-state index in [1.807, 2.05) is 27.7 Å². The standard InChI is InChI=1S/C17H27NO2.C5H10O/c1-4-5-6-7-8-13-17(2,3)20-16(19)14-9-11-15(18)12-10-14;1-3-5(2)4-6/h9-12H,4-8,13,18H2,1-3H3;4-5H,3H2,1-2H3. The zero-order valence-corrected chi connectivity index (χ0v) is 17.2. The van der Waals surface area contributed by atoms with Crippen molar-refractivity contribution in [2.24, 2.45) is 5.92 Å². The van der Waals surface area contributed by atoms with Crippen molar-refractivity contribution < 1.29 is 14.3 Å². The number of hydrogen-bond donors (Lipinski definition) is 1. The number of unbranched alkanes of at least 4 members (excludes halogenated alkanes) is 4. The van der Waals surface area contributed by atoms with Gasteiger partial charge in [-0.1, -0.05) is 46.5 Å². The van der Waals surface area contributed by atoms with E-state index < -0.39 is 5.60 Å². The normalized spacial score (nSPS) is 11.9. The fourth-order valence-corrected chi connectivity index (χ4v) is 2.23. The van der Waals surface area contributed by atoms with Gasteiger partial charge in [0, 0.05) is 11.6 Å². The van der Waals surface area contributed by atoms with Crippen molar-refractivity contribution in [2.45, 2.75) is 85.2 Å². The fourth-order valence-electron chi connectivity index (χ4n) is 2.23. The summed E-state index contributed by atoms with van der Waals surface area (Å²) in [4.78, 5) is 21.8. The maximum absolute atomic E-state index is 12.0. The molecule has 0 heterocycles. The molecule has 0 spiro atoms. The van der Waals surface area contributed by atoms with Gasteiger partial charge in [0.25, 0.3) is 0 Å². The monoisotopic (exact) mass is 363 g/mol. The van der Waals surface area contributed by atoms with Gasteiger partial charge in [0.1, 0.15) is 11.9 Å². The van der Waals surface area contributed by atoms with Crippen molar-refractivity contribution in [3.8, 4) is 0 Å². The van der Waals surface area contributed by atoms with Crippen LogP contribution in [0.25, 0.3) is 0 Å². The van der Waals surface area contributed by atoms with E-state index in [1.165, 1.54) is 25.7 Å². The lowest BCUT2D eigenvalue weighted by molar-refractivity contribution is -0.110. The Labute approximate surface area is 159 Å². The van der Waals surface area contributed by atoms with Crippen LogP contribution in [0.3, 0.4) is 0 Å². The third-order valence-corrected chi connectivity index (χ3v) is 4.27. The van der Waals surface area contributed by atoms with Crippen LogP contribution in [-0.4, -0.2) is 17.9 Å². The molecule has 148 valence electrons. The number of aldehydes is 1. The molecule has 0 bridgehead atoms. The average molecular weight is 364 g/mol. The smallest absolute Gasteiger partial charge is 0.338 e. The average Bonchev–Trinajstić information content (AvgIpc) is 2.61. The van der Waals surface area contributed by atoms with Gasteiger partial charge in [-0.15, -0.1) is 0 Å². The van der Waals surface area contributed by atoms with Gasteiger partial charge in [-0.2, -0.15) is 0 Å². The number of ether oxygens (including phenoxy) is 1. The number of nitrogen functional groups attached to an aromatic ring is 1. The molecular formula is C22H37NO3. The number of anilines is 1. The van der Waals surface area contributed by atoms with Gasteiger partial charge in [-0.3, -0.25) is 0 Å². The van der Waals surface area contributed by atoms with Crippen molar-refractivity contribution in [3.05, 3.63) is 29.8 Å². The van der Waals surface area contributed by atoms with Gasteiger partial charge in [0.2, 0.25) is 0 Å². The van der Waals surface area contributed by atoms with Crippen LogP contribution >= 0.6 is 0 Å². The Balaban J connectivity index is 0.000000896. The second-order valence-electron chi connectivity index (χ2n) is 7.46. The summed E-state index contributed by atoms with van der Waals surface area (Å²) in [5.41, 5.74) is 6.40. The van der Waals surface area contributed by atoms with Crippen molar-refractivity contribution >= 4 is 17.9 Å². The maximum Gasteiger partial charge on any atom is 0.338 e. The molecule has 0 saturated carbocycles. The molecule has 4 heteroatoms. The quantitative estimate of drug-likeness (QED) is 0.247. The zero-order valence-electron chi connectivity index (χ0n) is 17.2. The minimum absolute atomic E-state index is 0.255. The molecule has 1 rings (SSSR count). The van der Waals surface area contributed by atoms with Crippen LogP contribution in [0.4, 0.5) is 5.69 Å². The lowest BCUT2D eigenvalue weighted by Crippen LogP contribution is -2.28. The Morgan fingerprint density at radius 2 is 1.69 bits per heavy atom. The Bertz CT molecular complexity index is 509. The number of nitrogens with two attached hydrogens (primary N) is 1. The Hall–Kier alpha value is -1.84. The van der Waals surface area contributed by atoms with Gasteiger partial charge in [0.15, 0.2) is 0 Å². The van der Waals surface area contributed by atoms with Crippen LogP contribution in [0.15, 0.2) is 24.3 Å². The van der Waals surface area contributed by atoms with Gasteiger partial charge in [-0.25, -0.2) is 4.79 Å². The van der Waals surface area contributed by atoms with E-state index in [0.29, 0.717) is 11.3 Å². The molecule has 4 nitrogen and oxygen atoms in total. The highest BCUT2D eigenvalue weighted by molar-refractivity contribution is 5.90. The number of rotatable bonds is 10. The molecule has 0 aliphatic carbocycles. The molecular weight excluding hydrogens is 326 g/mol. The second-order valence-corrected chi connectivity index (χ2v) is 7.46. The van der Waals surface area contributed by atoms with Crippen molar-refractivity contribution in [1.82, 2.24) is 0 Å². The molecule has 0 fully saturated rings. The van der Waals surface area contributed by atoms with Crippen LogP contribution in [0.5, 0.6) is 0 Å². The summed E-state index contributed by atoms with van der Waals surface area (Å²) in [5.74, 6) is -0.0199. The van der Waals surface area contributed by atoms with Crippen LogP contribution < -0.4 is 5.73 Å². The predicted molar refractivity (Wildman–Crippen MR) is 109 cm³/mol. The topological polar surface area (TPSA) is 69.4 Å². The second kappa shape index (κ2) is 13.4. The molecule has 0 aromatic heterocycles. The molecule has 26 heavy (non-hydrogen) atoms. The first-order valence-corrected chi connectivity index (χ1v) is 9.79. The number of carbonyl (C=O) groups is 2. The van der Waals surface area contributed by atoms with E-state index in [0.717, 1.165) is 25.5 Å². The van der Waals surface area contributed by atoms with Gasteiger partial charge < -0.3 is 15.3 Å². The molecule has 1 aromatic carbocycles. The van der Waals surface area contributed by atoms with E-state index in [1.54, 1.807) is 24.3 Å². The number of carbonyl (C=O) groups excluding carboxylic acids is 2. The third kappa shape index (κ3) is 11.7. The first-order chi connectivity index (χ1) is 12.3. The molecule has 0 saturated heterocycles. The number of benzene rings is 1. The van der Waals surface area contributed by atoms with E-state index in [-0.39, 0.29) is 11.9 Å². The highest BCUT2D eigenvalue weighted by Gasteiger charge is 2.23. The molecule has 0 radical (unpaired) electrons. The van der Waals surface area contributed by atoms with Crippen LogP contribution in [0.2, 0.25) is 0 Å². The Morgan fingerprint density at radius 3 is 2.15 bits per heavy atom. The van der Waals surface area contributed by atoms with Crippen molar-refractivity contribution in [2.75, 3.05) is 5.73 Å². The molecule has 1 unspecified atom stereocenters. The molecule has 1 aromatic rings. The summed E-state index contributed by atoms with van der Waals surface area (Å²) < 4.78 is 5.59. The van der Waals surface area contributed by atoms with E-state index in [2.05, 4.69) is 6.92 Å². The van der Waals surface area contributed by atoms with Crippen LogP contribution in [0.1, 0.15) is 89.9 Å². The molecule has 1 atom stereocenters. The van der Waals surface area contributed by atoms with E-state index >= 15 is 0 Å².